The SMILES string of the molecule is O=S(=O)(c1cn(-c2ccc(F)c(C(F)F)c2)c2c1[C@H](O)[C@H](F)CC2)C(F)(F)F. The van der Waals surface area contributed by atoms with E-state index in [1.165, 1.54) is 0 Å². The molecule has 0 amide bonds. The van der Waals surface area contributed by atoms with E-state index in [4.69, 9.17) is 0 Å². The summed E-state index contributed by atoms with van der Waals surface area (Å²) in [6.45, 7) is 0. The molecule has 154 valence electrons. The van der Waals surface area contributed by atoms with Crippen LogP contribution in [0.1, 0.15) is 35.8 Å². The first-order valence-corrected chi connectivity index (χ1v) is 9.30. The molecular formula is C16H12F7NO3S. The van der Waals surface area contributed by atoms with Gasteiger partial charge in [0.05, 0.1) is 5.56 Å². The summed E-state index contributed by atoms with van der Waals surface area (Å²) in [5.41, 5.74) is -7.98. The second-order valence-electron chi connectivity index (χ2n) is 6.18. The summed E-state index contributed by atoms with van der Waals surface area (Å²) >= 11 is 0. The second-order valence-corrected chi connectivity index (χ2v) is 8.09. The summed E-state index contributed by atoms with van der Waals surface area (Å²) < 4.78 is 117. The number of rotatable bonds is 3. The highest BCUT2D eigenvalue weighted by molar-refractivity contribution is 7.92. The molecule has 12 heteroatoms. The van der Waals surface area contributed by atoms with Gasteiger partial charge in [0.1, 0.15) is 23.0 Å². The van der Waals surface area contributed by atoms with Crippen LogP contribution >= 0.6 is 0 Å². The van der Waals surface area contributed by atoms with Crippen LogP contribution in [-0.2, 0) is 16.3 Å². The summed E-state index contributed by atoms with van der Waals surface area (Å²) in [5, 5.41) is 9.99. The lowest BCUT2D eigenvalue weighted by molar-refractivity contribution is -0.0438. The van der Waals surface area contributed by atoms with Crippen molar-refractivity contribution in [2.75, 3.05) is 0 Å². The molecule has 0 saturated heterocycles. The fourth-order valence-corrected chi connectivity index (χ4v) is 4.16. The summed E-state index contributed by atoms with van der Waals surface area (Å²) in [6, 6.07) is 2.26. The molecule has 4 nitrogen and oxygen atoms in total. The summed E-state index contributed by atoms with van der Waals surface area (Å²) in [7, 11) is -5.97. The molecule has 1 aromatic carbocycles. The molecule has 0 spiro atoms. The second kappa shape index (κ2) is 6.76. The van der Waals surface area contributed by atoms with Crippen LogP contribution in [0.3, 0.4) is 0 Å². The zero-order chi connectivity index (χ0) is 21.0. The Morgan fingerprint density at radius 3 is 2.43 bits per heavy atom. The van der Waals surface area contributed by atoms with E-state index in [9.17, 15) is 44.3 Å². The first-order valence-electron chi connectivity index (χ1n) is 7.81. The molecule has 0 unspecified atom stereocenters. The number of hydrogen-bond donors (Lipinski definition) is 1. The van der Waals surface area contributed by atoms with E-state index in [1.807, 2.05) is 0 Å². The molecular weight excluding hydrogens is 419 g/mol. The minimum absolute atomic E-state index is 0.184. The summed E-state index contributed by atoms with van der Waals surface area (Å²) in [4.78, 5) is -1.37. The minimum atomic E-state index is -5.97. The number of hydrogen-bond acceptors (Lipinski definition) is 3. The fraction of sp³-hybridized carbons (Fsp3) is 0.375. The van der Waals surface area contributed by atoms with E-state index in [2.05, 4.69) is 0 Å². The first-order chi connectivity index (χ1) is 12.9. The number of aliphatic hydroxyl groups excluding tert-OH is 1. The molecule has 1 heterocycles. The molecule has 0 aliphatic heterocycles. The van der Waals surface area contributed by atoms with Crippen LogP contribution in [0.4, 0.5) is 30.7 Å². The van der Waals surface area contributed by atoms with Crippen LogP contribution in [0.15, 0.2) is 29.3 Å². The van der Waals surface area contributed by atoms with E-state index < -0.39 is 55.9 Å². The number of sulfone groups is 1. The molecule has 2 atom stereocenters. The Balaban J connectivity index is 2.30. The van der Waals surface area contributed by atoms with Gasteiger partial charge in [0.25, 0.3) is 16.3 Å². The van der Waals surface area contributed by atoms with Crippen molar-refractivity contribution in [2.24, 2.45) is 0 Å². The highest BCUT2D eigenvalue weighted by Crippen LogP contribution is 2.43. The van der Waals surface area contributed by atoms with E-state index in [-0.39, 0.29) is 24.2 Å². The average Bonchev–Trinajstić information content (AvgIpc) is 2.98. The third-order valence-corrected chi connectivity index (χ3v) is 6.01. The van der Waals surface area contributed by atoms with Crippen LogP contribution in [0.25, 0.3) is 5.69 Å². The molecule has 1 aliphatic rings. The molecule has 1 aliphatic carbocycles. The van der Waals surface area contributed by atoms with E-state index in [0.717, 1.165) is 10.6 Å². The Labute approximate surface area is 154 Å². The van der Waals surface area contributed by atoms with Crippen LogP contribution < -0.4 is 0 Å². The first kappa shape index (κ1) is 20.6. The zero-order valence-corrected chi connectivity index (χ0v) is 14.5. The normalized spacial score (nSPS) is 20.5. The van der Waals surface area contributed by atoms with Crippen molar-refractivity contribution in [3.8, 4) is 5.69 Å². The minimum Gasteiger partial charge on any atom is -0.385 e. The Hall–Kier alpha value is -2.08. The maximum absolute atomic E-state index is 13.9. The van der Waals surface area contributed by atoms with Crippen molar-refractivity contribution in [1.29, 1.82) is 0 Å². The smallest absolute Gasteiger partial charge is 0.385 e. The molecule has 3 rings (SSSR count). The maximum Gasteiger partial charge on any atom is 0.501 e. The largest absolute Gasteiger partial charge is 0.501 e. The molecule has 0 radical (unpaired) electrons. The lowest BCUT2D eigenvalue weighted by Gasteiger charge is -2.24. The molecule has 0 saturated carbocycles. The van der Waals surface area contributed by atoms with Gasteiger partial charge in [0.2, 0.25) is 0 Å². The van der Waals surface area contributed by atoms with Crippen LogP contribution in [0.2, 0.25) is 0 Å². The quantitative estimate of drug-likeness (QED) is 0.743. The van der Waals surface area contributed by atoms with Gasteiger partial charge in [0.15, 0.2) is 0 Å². The van der Waals surface area contributed by atoms with Gasteiger partial charge in [-0.2, -0.15) is 13.2 Å². The predicted molar refractivity (Wildman–Crippen MR) is 82.1 cm³/mol. The number of halogens is 7. The Kier molecular flexibility index (Phi) is 4.99. The lowest BCUT2D eigenvalue weighted by atomic mass is 9.93. The van der Waals surface area contributed by atoms with Crippen molar-refractivity contribution in [2.45, 2.75) is 41.9 Å². The molecule has 1 aromatic heterocycles. The van der Waals surface area contributed by atoms with E-state index in [0.29, 0.717) is 18.3 Å². The third-order valence-electron chi connectivity index (χ3n) is 4.50. The van der Waals surface area contributed by atoms with Crippen molar-refractivity contribution < 1.29 is 44.3 Å². The van der Waals surface area contributed by atoms with E-state index in [1.54, 1.807) is 0 Å². The Morgan fingerprint density at radius 2 is 1.86 bits per heavy atom. The highest BCUT2D eigenvalue weighted by atomic mass is 32.2. The number of aliphatic hydroxyl groups is 1. The van der Waals surface area contributed by atoms with Gasteiger partial charge in [-0.25, -0.2) is 26.0 Å². The standard InChI is InChI=1S/C16H12F7NO3S/c17-9-2-1-7(5-8(9)15(19)20)24-6-12(28(26,27)16(21,22)23)13-11(24)4-3-10(18)14(13)25/h1-2,5-6,10,14-15,25H,3-4H2/t10-,14-/m1/s1. The summed E-state index contributed by atoms with van der Waals surface area (Å²) in [6.07, 6.45) is -7.49. The molecule has 2 aromatic rings. The maximum atomic E-state index is 13.9. The molecule has 28 heavy (non-hydrogen) atoms. The van der Waals surface area contributed by atoms with Gasteiger partial charge in [-0.1, -0.05) is 0 Å². The van der Waals surface area contributed by atoms with Gasteiger partial charge < -0.3 is 9.67 Å². The molecule has 0 bridgehead atoms. The van der Waals surface area contributed by atoms with Crippen molar-refractivity contribution in [1.82, 2.24) is 4.57 Å². The Morgan fingerprint density at radius 1 is 1.21 bits per heavy atom. The number of fused-ring (bicyclic) bond motifs is 1. The van der Waals surface area contributed by atoms with E-state index >= 15 is 0 Å². The van der Waals surface area contributed by atoms with Gasteiger partial charge in [-0.05, 0) is 31.0 Å². The van der Waals surface area contributed by atoms with Crippen LogP contribution in [0, 0.1) is 5.82 Å². The number of nitrogens with zero attached hydrogens (tertiary/aromatic N) is 1. The van der Waals surface area contributed by atoms with Crippen LogP contribution in [0.5, 0.6) is 0 Å². The number of alkyl halides is 6. The van der Waals surface area contributed by atoms with Gasteiger partial charge in [-0.3, -0.25) is 0 Å². The van der Waals surface area contributed by atoms with Crippen molar-refractivity contribution in [3.63, 3.8) is 0 Å². The van der Waals surface area contributed by atoms with Gasteiger partial charge in [0, 0.05) is 23.1 Å². The Bertz CT molecular complexity index is 1010. The molecule has 0 fully saturated rings. The third kappa shape index (κ3) is 3.17. The monoisotopic (exact) mass is 431 g/mol. The number of benzene rings is 1. The average molecular weight is 431 g/mol. The topological polar surface area (TPSA) is 59.3 Å². The highest BCUT2D eigenvalue weighted by Gasteiger charge is 2.51. The fourth-order valence-electron chi connectivity index (χ4n) is 3.14. The van der Waals surface area contributed by atoms with Gasteiger partial charge >= 0.3 is 5.51 Å². The number of aromatic nitrogens is 1. The van der Waals surface area contributed by atoms with Crippen LogP contribution in [-0.4, -0.2) is 29.8 Å². The van der Waals surface area contributed by atoms with Crippen molar-refractivity contribution >= 4 is 9.84 Å². The van der Waals surface area contributed by atoms with Crippen molar-refractivity contribution in [3.05, 3.63) is 47.0 Å². The predicted octanol–water partition coefficient (Wildman–Crippen LogP) is 4.17. The zero-order valence-electron chi connectivity index (χ0n) is 13.7. The molecule has 1 N–H and O–H groups in total. The van der Waals surface area contributed by atoms with Gasteiger partial charge in [-0.15, -0.1) is 0 Å². The lowest BCUT2D eigenvalue weighted by Crippen LogP contribution is -2.27. The summed E-state index contributed by atoms with van der Waals surface area (Å²) in [5.74, 6) is -1.26.